The van der Waals surface area contributed by atoms with Gasteiger partial charge in [-0.2, -0.15) is 0 Å². The van der Waals surface area contributed by atoms with Crippen molar-refractivity contribution < 1.29 is 13.6 Å². The van der Waals surface area contributed by atoms with E-state index >= 15 is 0 Å². The summed E-state index contributed by atoms with van der Waals surface area (Å²) in [5.41, 5.74) is 1.46. The van der Waals surface area contributed by atoms with Gasteiger partial charge >= 0.3 is 0 Å². The first-order chi connectivity index (χ1) is 9.94. The Bertz CT molecular complexity index is 666. The number of anilines is 2. The fourth-order valence-electron chi connectivity index (χ4n) is 1.71. The maximum absolute atomic E-state index is 13.0. The third kappa shape index (κ3) is 4.32. The minimum absolute atomic E-state index is 0.0301. The molecule has 0 unspecified atom stereocenters. The van der Waals surface area contributed by atoms with Crippen molar-refractivity contribution in [1.82, 2.24) is 0 Å². The van der Waals surface area contributed by atoms with Crippen molar-refractivity contribution in [3.63, 3.8) is 0 Å². The van der Waals surface area contributed by atoms with E-state index in [1.165, 1.54) is 6.92 Å². The highest BCUT2D eigenvalue weighted by Crippen LogP contribution is 2.14. The molecular weight excluding hydrogens is 294 g/mol. The second-order valence-electron chi connectivity index (χ2n) is 4.37. The monoisotopic (exact) mass is 306 g/mol. The molecule has 0 radical (unpaired) electrons. The van der Waals surface area contributed by atoms with Crippen LogP contribution in [0.2, 0.25) is 0 Å². The van der Waals surface area contributed by atoms with Gasteiger partial charge in [-0.3, -0.25) is 4.79 Å². The molecular formula is C15H12F2N2OS. The predicted octanol–water partition coefficient (Wildman–Crippen LogP) is 3.98. The summed E-state index contributed by atoms with van der Waals surface area (Å²) in [6, 6.07) is 9.76. The Morgan fingerprint density at radius 2 is 1.48 bits per heavy atom. The number of hydrogen-bond acceptors (Lipinski definition) is 2. The molecule has 6 heteroatoms. The highest BCUT2D eigenvalue weighted by Gasteiger charge is 2.04. The number of Topliss-reactive ketones (excluding diaryl/α,β-unsaturated/α-hetero) is 1. The fraction of sp³-hybridized carbons (Fsp3) is 0.0667. The fourth-order valence-corrected chi connectivity index (χ4v) is 1.94. The highest BCUT2D eigenvalue weighted by atomic mass is 32.1. The molecule has 0 aromatic heterocycles. The molecule has 2 N–H and O–H groups in total. The summed E-state index contributed by atoms with van der Waals surface area (Å²) in [7, 11) is 0. The third-order valence-corrected chi connectivity index (χ3v) is 2.87. The van der Waals surface area contributed by atoms with Crippen molar-refractivity contribution in [3.8, 4) is 0 Å². The van der Waals surface area contributed by atoms with Crippen molar-refractivity contribution in [2.24, 2.45) is 0 Å². The van der Waals surface area contributed by atoms with Crippen LogP contribution < -0.4 is 10.6 Å². The lowest BCUT2D eigenvalue weighted by atomic mass is 10.1. The van der Waals surface area contributed by atoms with E-state index in [-0.39, 0.29) is 16.6 Å². The lowest BCUT2D eigenvalue weighted by Crippen LogP contribution is -2.19. The number of benzene rings is 2. The number of carbonyl (C=O) groups excluding carboxylic acids is 1. The Hall–Kier alpha value is -2.34. The van der Waals surface area contributed by atoms with Crippen LogP contribution >= 0.6 is 12.2 Å². The Kier molecular flexibility index (Phi) is 4.59. The van der Waals surface area contributed by atoms with E-state index in [9.17, 15) is 13.6 Å². The molecule has 0 aliphatic carbocycles. The maximum Gasteiger partial charge on any atom is 0.175 e. The second-order valence-corrected chi connectivity index (χ2v) is 4.78. The minimum Gasteiger partial charge on any atom is -0.332 e. The average Bonchev–Trinajstić information content (AvgIpc) is 2.37. The molecule has 2 aromatic carbocycles. The zero-order valence-corrected chi connectivity index (χ0v) is 11.9. The Morgan fingerprint density at radius 3 is 2.00 bits per heavy atom. The average molecular weight is 306 g/mol. The molecule has 0 amide bonds. The SMILES string of the molecule is CC(=O)c1ccc(NC(=S)Nc2cc(F)cc(F)c2)cc1. The number of hydrogen-bond donors (Lipinski definition) is 2. The quantitative estimate of drug-likeness (QED) is 0.665. The van der Waals surface area contributed by atoms with E-state index < -0.39 is 11.6 Å². The normalized spacial score (nSPS) is 10.0. The number of ketones is 1. The molecule has 0 aliphatic rings. The summed E-state index contributed by atoms with van der Waals surface area (Å²) in [5.74, 6) is -1.41. The van der Waals surface area contributed by atoms with E-state index in [2.05, 4.69) is 10.6 Å². The smallest absolute Gasteiger partial charge is 0.175 e. The summed E-state index contributed by atoms with van der Waals surface area (Å²) >= 11 is 5.05. The first-order valence-corrected chi connectivity index (χ1v) is 6.50. The molecule has 0 spiro atoms. The lowest BCUT2D eigenvalue weighted by molar-refractivity contribution is 0.101. The van der Waals surface area contributed by atoms with Crippen LogP contribution in [0.5, 0.6) is 0 Å². The number of rotatable bonds is 3. The van der Waals surface area contributed by atoms with Gasteiger partial charge in [-0.15, -0.1) is 0 Å². The van der Waals surface area contributed by atoms with Gasteiger partial charge in [-0.1, -0.05) is 0 Å². The van der Waals surface area contributed by atoms with Gasteiger partial charge in [-0.05, 0) is 55.5 Å². The van der Waals surface area contributed by atoms with Crippen LogP contribution in [-0.2, 0) is 0 Å². The van der Waals surface area contributed by atoms with Gasteiger partial charge in [0.25, 0.3) is 0 Å². The molecule has 3 nitrogen and oxygen atoms in total. The molecule has 0 bridgehead atoms. The molecule has 0 saturated carbocycles. The van der Waals surface area contributed by atoms with Gasteiger partial charge in [0.05, 0.1) is 0 Å². The van der Waals surface area contributed by atoms with Crippen LogP contribution in [0.1, 0.15) is 17.3 Å². The number of halogens is 2. The van der Waals surface area contributed by atoms with Crippen LogP contribution in [0.3, 0.4) is 0 Å². The Balaban J connectivity index is 2.02. The van der Waals surface area contributed by atoms with Gasteiger partial charge in [0.15, 0.2) is 10.9 Å². The standard InChI is InChI=1S/C15H12F2N2OS/c1-9(20)10-2-4-13(5-3-10)18-15(21)19-14-7-11(16)6-12(17)8-14/h2-8H,1H3,(H2,18,19,21). The Morgan fingerprint density at radius 1 is 0.952 bits per heavy atom. The predicted molar refractivity (Wildman–Crippen MR) is 82.6 cm³/mol. The van der Waals surface area contributed by atoms with Crippen LogP contribution in [0.4, 0.5) is 20.2 Å². The minimum atomic E-state index is -0.689. The summed E-state index contributed by atoms with van der Waals surface area (Å²) in [6.45, 7) is 1.48. The summed E-state index contributed by atoms with van der Waals surface area (Å²) in [6.07, 6.45) is 0. The molecule has 2 rings (SSSR count). The number of thiocarbonyl (C=S) groups is 1. The first-order valence-electron chi connectivity index (χ1n) is 6.09. The van der Waals surface area contributed by atoms with E-state index in [4.69, 9.17) is 12.2 Å². The lowest BCUT2D eigenvalue weighted by Gasteiger charge is -2.11. The largest absolute Gasteiger partial charge is 0.332 e. The molecule has 0 fully saturated rings. The first kappa shape index (κ1) is 15.1. The summed E-state index contributed by atoms with van der Waals surface area (Å²) < 4.78 is 26.1. The number of nitrogens with one attached hydrogen (secondary N) is 2. The van der Waals surface area contributed by atoms with Crippen molar-refractivity contribution in [2.75, 3.05) is 10.6 Å². The van der Waals surface area contributed by atoms with E-state index in [0.29, 0.717) is 11.3 Å². The number of carbonyl (C=O) groups is 1. The van der Waals surface area contributed by atoms with Crippen LogP contribution in [0, 0.1) is 11.6 Å². The topological polar surface area (TPSA) is 41.1 Å². The van der Waals surface area contributed by atoms with E-state index in [1.54, 1.807) is 24.3 Å². The molecule has 21 heavy (non-hydrogen) atoms. The molecule has 2 aromatic rings. The molecule has 108 valence electrons. The van der Waals surface area contributed by atoms with Crippen molar-refractivity contribution >= 4 is 34.5 Å². The zero-order chi connectivity index (χ0) is 15.4. The summed E-state index contributed by atoms with van der Waals surface area (Å²) in [5, 5.41) is 5.73. The second kappa shape index (κ2) is 6.41. The molecule has 0 aliphatic heterocycles. The van der Waals surface area contributed by atoms with Crippen LogP contribution in [0.15, 0.2) is 42.5 Å². The van der Waals surface area contributed by atoms with E-state index in [1.807, 2.05) is 0 Å². The van der Waals surface area contributed by atoms with Gasteiger partial charge in [0.1, 0.15) is 11.6 Å². The van der Waals surface area contributed by atoms with E-state index in [0.717, 1.165) is 18.2 Å². The van der Waals surface area contributed by atoms with Crippen molar-refractivity contribution in [1.29, 1.82) is 0 Å². The van der Waals surface area contributed by atoms with Crippen molar-refractivity contribution in [2.45, 2.75) is 6.92 Å². The Labute approximate surface area is 126 Å². The van der Waals surface area contributed by atoms with Gasteiger partial charge in [-0.25, -0.2) is 8.78 Å². The van der Waals surface area contributed by atoms with Gasteiger partial charge in [0, 0.05) is 23.0 Å². The van der Waals surface area contributed by atoms with Crippen LogP contribution in [0.25, 0.3) is 0 Å². The van der Waals surface area contributed by atoms with Gasteiger partial charge in [0.2, 0.25) is 0 Å². The molecule has 0 atom stereocenters. The third-order valence-electron chi connectivity index (χ3n) is 2.67. The molecule has 0 heterocycles. The highest BCUT2D eigenvalue weighted by molar-refractivity contribution is 7.80. The maximum atomic E-state index is 13.0. The van der Waals surface area contributed by atoms with Gasteiger partial charge < -0.3 is 10.6 Å². The van der Waals surface area contributed by atoms with Crippen LogP contribution in [-0.4, -0.2) is 10.9 Å². The summed E-state index contributed by atoms with van der Waals surface area (Å²) in [4.78, 5) is 11.2. The van der Waals surface area contributed by atoms with Crippen molar-refractivity contribution in [3.05, 3.63) is 59.7 Å². The zero-order valence-electron chi connectivity index (χ0n) is 11.1. The molecule has 0 saturated heterocycles.